The van der Waals surface area contributed by atoms with Gasteiger partial charge in [0, 0.05) is 43.2 Å². The standard InChI is InChI=1S/C16H21F2N3OS.2ClH/c17-16(18)9-14(19-11-16)15(22)20-13-3-1-2-12(8-13)10-21-4-6-23-7-5-21;;/h1-3,8,14,19H,4-7,9-11H2,(H,20,22);2*1H. The van der Waals surface area contributed by atoms with Crippen LogP contribution in [0.15, 0.2) is 24.3 Å². The molecule has 2 fully saturated rings. The second-order valence-corrected chi connectivity index (χ2v) is 7.30. The number of nitrogens with zero attached hydrogens (tertiary/aromatic N) is 1. The highest BCUT2D eigenvalue weighted by Crippen LogP contribution is 2.26. The summed E-state index contributed by atoms with van der Waals surface area (Å²) in [5.74, 6) is -0.889. The highest BCUT2D eigenvalue weighted by atomic mass is 35.5. The summed E-state index contributed by atoms with van der Waals surface area (Å²) in [5.41, 5.74) is 1.79. The van der Waals surface area contributed by atoms with Gasteiger partial charge in [-0.25, -0.2) is 8.78 Å². The molecule has 4 nitrogen and oxygen atoms in total. The van der Waals surface area contributed by atoms with Gasteiger partial charge in [0.15, 0.2) is 0 Å². The molecule has 1 atom stereocenters. The molecule has 2 N–H and O–H groups in total. The zero-order valence-corrected chi connectivity index (χ0v) is 16.1. The normalized spacial score (nSPS) is 22.6. The number of anilines is 1. The Morgan fingerprint density at radius 3 is 2.68 bits per heavy atom. The van der Waals surface area contributed by atoms with E-state index >= 15 is 0 Å². The van der Waals surface area contributed by atoms with Crippen molar-refractivity contribution < 1.29 is 13.6 Å². The van der Waals surface area contributed by atoms with Gasteiger partial charge in [-0.15, -0.1) is 24.8 Å². The van der Waals surface area contributed by atoms with Crippen molar-refractivity contribution in [3.63, 3.8) is 0 Å². The summed E-state index contributed by atoms with van der Waals surface area (Å²) >= 11 is 1.97. The van der Waals surface area contributed by atoms with Gasteiger partial charge in [0.25, 0.3) is 5.92 Å². The second kappa shape index (κ2) is 9.92. The molecule has 2 aliphatic rings. The fourth-order valence-corrected chi connectivity index (χ4v) is 3.87. The smallest absolute Gasteiger partial charge is 0.262 e. The van der Waals surface area contributed by atoms with E-state index in [1.807, 2.05) is 30.0 Å². The van der Waals surface area contributed by atoms with E-state index < -0.39 is 30.8 Å². The van der Waals surface area contributed by atoms with Crippen molar-refractivity contribution in [3.8, 4) is 0 Å². The van der Waals surface area contributed by atoms with Gasteiger partial charge in [-0.3, -0.25) is 15.0 Å². The largest absolute Gasteiger partial charge is 0.325 e. The Labute approximate surface area is 163 Å². The molecule has 0 bridgehead atoms. The maximum atomic E-state index is 13.2. The Bertz CT molecular complexity index is 574. The molecular formula is C16H23Cl2F2N3OS. The van der Waals surface area contributed by atoms with Gasteiger partial charge in [0.2, 0.25) is 5.91 Å². The first-order valence-corrected chi connectivity index (χ1v) is 8.98. The molecule has 2 saturated heterocycles. The van der Waals surface area contributed by atoms with Crippen LogP contribution in [0.1, 0.15) is 12.0 Å². The number of halogens is 4. The lowest BCUT2D eigenvalue weighted by atomic mass is 10.1. The first-order chi connectivity index (χ1) is 11.0. The number of carbonyl (C=O) groups excluding carboxylic acids is 1. The molecular weight excluding hydrogens is 391 g/mol. The van der Waals surface area contributed by atoms with E-state index in [0.717, 1.165) is 36.7 Å². The molecule has 0 aliphatic carbocycles. The molecule has 25 heavy (non-hydrogen) atoms. The predicted molar refractivity (Wildman–Crippen MR) is 104 cm³/mol. The Morgan fingerprint density at radius 2 is 2.04 bits per heavy atom. The third-order valence-electron chi connectivity index (χ3n) is 4.13. The number of thioether (sulfide) groups is 1. The van der Waals surface area contributed by atoms with Crippen LogP contribution in [0.4, 0.5) is 14.5 Å². The fourth-order valence-electron chi connectivity index (χ4n) is 2.90. The predicted octanol–water partition coefficient (Wildman–Crippen LogP) is 3.01. The minimum atomic E-state index is -2.80. The van der Waals surface area contributed by atoms with Gasteiger partial charge >= 0.3 is 0 Å². The van der Waals surface area contributed by atoms with E-state index in [2.05, 4.69) is 15.5 Å². The van der Waals surface area contributed by atoms with Crippen LogP contribution >= 0.6 is 36.6 Å². The lowest BCUT2D eigenvalue weighted by molar-refractivity contribution is -0.118. The van der Waals surface area contributed by atoms with Gasteiger partial charge in [0.1, 0.15) is 0 Å². The van der Waals surface area contributed by atoms with Crippen LogP contribution in [0.2, 0.25) is 0 Å². The van der Waals surface area contributed by atoms with Crippen molar-refractivity contribution in [3.05, 3.63) is 29.8 Å². The molecule has 0 aromatic heterocycles. The molecule has 1 aromatic carbocycles. The Hall–Kier alpha value is -0.600. The summed E-state index contributed by atoms with van der Waals surface area (Å²) in [4.78, 5) is 14.5. The third kappa shape index (κ3) is 6.57. The van der Waals surface area contributed by atoms with Gasteiger partial charge in [-0.05, 0) is 17.7 Å². The molecule has 1 unspecified atom stereocenters. The van der Waals surface area contributed by atoms with Gasteiger partial charge < -0.3 is 5.32 Å². The van der Waals surface area contributed by atoms with Crippen molar-refractivity contribution >= 4 is 48.2 Å². The minimum absolute atomic E-state index is 0. The van der Waals surface area contributed by atoms with E-state index in [1.165, 1.54) is 0 Å². The van der Waals surface area contributed by atoms with Gasteiger partial charge in [-0.1, -0.05) is 12.1 Å². The molecule has 0 spiro atoms. The van der Waals surface area contributed by atoms with Crippen molar-refractivity contribution in [2.24, 2.45) is 0 Å². The quantitative estimate of drug-likeness (QED) is 0.795. The SMILES string of the molecule is Cl.Cl.O=C(Nc1cccc(CN2CCSCC2)c1)C1CC(F)(F)CN1. The van der Waals surface area contributed by atoms with Crippen LogP contribution in [0.3, 0.4) is 0 Å². The van der Waals surface area contributed by atoms with E-state index in [1.54, 1.807) is 6.07 Å². The number of hydrogen-bond donors (Lipinski definition) is 2. The molecule has 142 valence electrons. The van der Waals surface area contributed by atoms with Crippen molar-refractivity contribution in [2.75, 3.05) is 36.5 Å². The monoisotopic (exact) mass is 413 g/mol. The zero-order chi connectivity index (χ0) is 16.3. The molecule has 1 aromatic rings. The molecule has 2 aliphatic heterocycles. The number of amides is 1. The molecule has 2 heterocycles. The van der Waals surface area contributed by atoms with Gasteiger partial charge in [-0.2, -0.15) is 11.8 Å². The first kappa shape index (κ1) is 22.4. The summed E-state index contributed by atoms with van der Waals surface area (Å²) in [6, 6.07) is 6.81. The zero-order valence-electron chi connectivity index (χ0n) is 13.7. The van der Waals surface area contributed by atoms with Crippen molar-refractivity contribution in [2.45, 2.75) is 24.9 Å². The average molecular weight is 414 g/mol. The molecule has 3 rings (SSSR count). The number of carbonyl (C=O) groups is 1. The van der Waals surface area contributed by atoms with E-state index in [-0.39, 0.29) is 24.8 Å². The van der Waals surface area contributed by atoms with E-state index in [0.29, 0.717) is 5.69 Å². The Morgan fingerprint density at radius 1 is 1.32 bits per heavy atom. The van der Waals surface area contributed by atoms with Crippen LogP contribution in [-0.2, 0) is 11.3 Å². The summed E-state index contributed by atoms with van der Waals surface area (Å²) in [6.07, 6.45) is -0.441. The van der Waals surface area contributed by atoms with E-state index in [4.69, 9.17) is 0 Å². The topological polar surface area (TPSA) is 44.4 Å². The number of rotatable bonds is 4. The fraction of sp³-hybridized carbons (Fsp3) is 0.562. The van der Waals surface area contributed by atoms with Crippen LogP contribution in [0.5, 0.6) is 0 Å². The summed E-state index contributed by atoms with van der Waals surface area (Å²) < 4.78 is 26.3. The molecule has 9 heteroatoms. The number of benzene rings is 1. The van der Waals surface area contributed by atoms with Crippen molar-refractivity contribution in [1.82, 2.24) is 10.2 Å². The van der Waals surface area contributed by atoms with Gasteiger partial charge in [0.05, 0.1) is 12.6 Å². The summed E-state index contributed by atoms with van der Waals surface area (Å²) in [6.45, 7) is 2.56. The second-order valence-electron chi connectivity index (χ2n) is 6.07. The molecule has 1 amide bonds. The van der Waals surface area contributed by atoms with E-state index in [9.17, 15) is 13.6 Å². The van der Waals surface area contributed by atoms with Crippen LogP contribution in [-0.4, -0.2) is 53.9 Å². The summed E-state index contributed by atoms with van der Waals surface area (Å²) in [5, 5.41) is 5.32. The average Bonchev–Trinajstić information content (AvgIpc) is 2.89. The van der Waals surface area contributed by atoms with Crippen LogP contribution < -0.4 is 10.6 Å². The van der Waals surface area contributed by atoms with Crippen LogP contribution in [0.25, 0.3) is 0 Å². The first-order valence-electron chi connectivity index (χ1n) is 7.83. The highest BCUT2D eigenvalue weighted by molar-refractivity contribution is 7.99. The minimum Gasteiger partial charge on any atom is -0.325 e. The maximum absolute atomic E-state index is 13.2. The number of alkyl halides is 2. The number of hydrogen-bond acceptors (Lipinski definition) is 4. The van der Waals surface area contributed by atoms with Crippen molar-refractivity contribution in [1.29, 1.82) is 0 Å². The summed E-state index contributed by atoms with van der Waals surface area (Å²) in [7, 11) is 0. The van der Waals surface area contributed by atoms with Crippen LogP contribution in [0, 0.1) is 0 Å². The Kier molecular flexibility index (Phi) is 8.91. The molecule has 0 saturated carbocycles. The maximum Gasteiger partial charge on any atom is 0.262 e. The number of nitrogens with one attached hydrogen (secondary N) is 2. The lowest BCUT2D eigenvalue weighted by Crippen LogP contribution is -2.35. The molecule has 0 radical (unpaired) electrons. The third-order valence-corrected chi connectivity index (χ3v) is 5.07. The Balaban J connectivity index is 0.00000156. The lowest BCUT2D eigenvalue weighted by Gasteiger charge is -2.26. The highest BCUT2D eigenvalue weighted by Gasteiger charge is 2.42.